The van der Waals surface area contributed by atoms with E-state index in [1.54, 1.807) is 12.1 Å². The fourth-order valence-corrected chi connectivity index (χ4v) is 2.53. The normalized spacial score (nSPS) is 12.1. The highest BCUT2D eigenvalue weighted by Gasteiger charge is 2.06. The summed E-state index contributed by atoms with van der Waals surface area (Å²) >= 11 is 3.47. The number of non-ortho nitro benzene ring substituents is 1. The van der Waals surface area contributed by atoms with Crippen LogP contribution in [-0.2, 0) is 6.42 Å². The predicted octanol–water partition coefficient (Wildman–Crippen LogP) is 4.25. The van der Waals surface area contributed by atoms with E-state index in [-0.39, 0.29) is 16.7 Å². The van der Waals surface area contributed by atoms with Crippen LogP contribution in [0.3, 0.4) is 0 Å². The third-order valence-electron chi connectivity index (χ3n) is 3.36. The van der Waals surface area contributed by atoms with E-state index in [1.807, 2.05) is 24.3 Å². The second-order valence-corrected chi connectivity index (χ2v) is 5.82. The first kappa shape index (κ1) is 15.7. The van der Waals surface area contributed by atoms with E-state index >= 15 is 0 Å². The third kappa shape index (κ3) is 4.65. The Labute approximate surface area is 132 Å². The molecule has 0 aliphatic heterocycles. The topological polar surface area (TPSA) is 55.2 Å². The monoisotopic (exact) mass is 348 g/mol. The average Bonchev–Trinajstić information content (AvgIpc) is 2.47. The average molecular weight is 349 g/mol. The Kier molecular flexibility index (Phi) is 5.47. The van der Waals surface area contributed by atoms with Gasteiger partial charge in [0.2, 0.25) is 0 Å². The smallest absolute Gasteiger partial charge is 0.269 e. The van der Waals surface area contributed by atoms with Gasteiger partial charge in [-0.3, -0.25) is 10.1 Å². The molecular weight excluding hydrogens is 332 g/mol. The number of hydrogen-bond donors (Lipinski definition) is 1. The number of nitro groups is 1. The molecule has 0 saturated carbocycles. The zero-order valence-corrected chi connectivity index (χ0v) is 13.3. The summed E-state index contributed by atoms with van der Waals surface area (Å²) in [4.78, 5) is 10.2. The van der Waals surface area contributed by atoms with Crippen LogP contribution in [0.4, 0.5) is 5.69 Å². The first-order valence-electron chi connectivity index (χ1n) is 6.78. The highest BCUT2D eigenvalue weighted by atomic mass is 79.9. The number of halogens is 1. The molecule has 21 heavy (non-hydrogen) atoms. The summed E-state index contributed by atoms with van der Waals surface area (Å²) in [6, 6.07) is 15.2. The van der Waals surface area contributed by atoms with Crippen molar-refractivity contribution in [2.24, 2.45) is 0 Å². The molecule has 0 spiro atoms. The van der Waals surface area contributed by atoms with Gasteiger partial charge in [0.05, 0.1) is 4.92 Å². The number of nitrogens with one attached hydrogen (secondary N) is 1. The summed E-state index contributed by atoms with van der Waals surface area (Å²) in [6.45, 7) is 2.95. The van der Waals surface area contributed by atoms with Gasteiger partial charge in [0, 0.05) is 22.6 Å². The Morgan fingerprint density at radius 1 is 1.24 bits per heavy atom. The fraction of sp³-hybridized carbons (Fsp3) is 0.250. The molecule has 4 nitrogen and oxygen atoms in total. The molecule has 1 N–H and O–H groups in total. The molecule has 2 aromatic rings. The Morgan fingerprint density at radius 2 is 1.95 bits per heavy atom. The minimum Gasteiger partial charge on any atom is -0.310 e. The fourth-order valence-electron chi connectivity index (χ4n) is 2.11. The highest BCUT2D eigenvalue weighted by molar-refractivity contribution is 9.10. The zero-order valence-electron chi connectivity index (χ0n) is 11.8. The van der Waals surface area contributed by atoms with Gasteiger partial charge >= 0.3 is 0 Å². The van der Waals surface area contributed by atoms with Crippen LogP contribution in [0.1, 0.15) is 24.1 Å². The van der Waals surface area contributed by atoms with Gasteiger partial charge in [0.25, 0.3) is 5.69 Å². The lowest BCUT2D eigenvalue weighted by atomic mass is 10.1. The van der Waals surface area contributed by atoms with Crippen molar-refractivity contribution >= 4 is 21.6 Å². The van der Waals surface area contributed by atoms with E-state index in [2.05, 4.69) is 40.3 Å². The molecule has 0 aromatic heterocycles. The van der Waals surface area contributed by atoms with E-state index in [9.17, 15) is 10.1 Å². The lowest BCUT2D eigenvalue weighted by molar-refractivity contribution is -0.384. The summed E-state index contributed by atoms with van der Waals surface area (Å²) in [6.07, 6.45) is 0.844. The van der Waals surface area contributed by atoms with Crippen LogP contribution >= 0.6 is 15.9 Å². The van der Waals surface area contributed by atoms with Crippen LogP contribution in [0.2, 0.25) is 0 Å². The van der Waals surface area contributed by atoms with E-state index < -0.39 is 0 Å². The maximum atomic E-state index is 10.6. The van der Waals surface area contributed by atoms with Crippen LogP contribution in [0.5, 0.6) is 0 Å². The van der Waals surface area contributed by atoms with Gasteiger partial charge in [-0.25, -0.2) is 0 Å². The number of benzene rings is 2. The van der Waals surface area contributed by atoms with E-state index in [0.29, 0.717) is 0 Å². The maximum Gasteiger partial charge on any atom is 0.269 e. The number of nitro benzene ring substituents is 1. The second kappa shape index (κ2) is 7.33. The molecule has 5 heteroatoms. The van der Waals surface area contributed by atoms with Crippen molar-refractivity contribution in [1.29, 1.82) is 0 Å². The first-order valence-corrected chi connectivity index (χ1v) is 7.58. The largest absolute Gasteiger partial charge is 0.310 e. The standard InChI is InChI=1S/C16H17BrN2O2/c1-12(14-3-2-4-15(17)11-14)18-10-9-13-5-7-16(8-6-13)19(20)21/h2-8,11-12,18H,9-10H2,1H3. The molecular formula is C16H17BrN2O2. The van der Waals surface area contributed by atoms with Crippen molar-refractivity contribution in [3.05, 3.63) is 74.2 Å². The van der Waals surface area contributed by atoms with Crippen LogP contribution in [0.15, 0.2) is 53.0 Å². The molecule has 0 bridgehead atoms. The molecule has 2 aromatic carbocycles. The van der Waals surface area contributed by atoms with Crippen LogP contribution in [0.25, 0.3) is 0 Å². The highest BCUT2D eigenvalue weighted by Crippen LogP contribution is 2.18. The molecule has 0 radical (unpaired) electrons. The minimum atomic E-state index is -0.378. The molecule has 0 aliphatic rings. The summed E-state index contributed by atoms with van der Waals surface area (Å²) < 4.78 is 1.07. The lowest BCUT2D eigenvalue weighted by Gasteiger charge is -2.14. The lowest BCUT2D eigenvalue weighted by Crippen LogP contribution is -2.21. The Morgan fingerprint density at radius 3 is 2.57 bits per heavy atom. The van der Waals surface area contributed by atoms with Crippen LogP contribution in [-0.4, -0.2) is 11.5 Å². The van der Waals surface area contributed by atoms with Crippen molar-refractivity contribution in [3.8, 4) is 0 Å². The molecule has 110 valence electrons. The molecule has 0 aliphatic carbocycles. The predicted molar refractivity (Wildman–Crippen MR) is 87.4 cm³/mol. The summed E-state index contributed by atoms with van der Waals surface area (Å²) in [5, 5.41) is 14.0. The molecule has 0 heterocycles. The Balaban J connectivity index is 1.85. The molecule has 2 rings (SSSR count). The van der Waals surface area contributed by atoms with Crippen molar-refractivity contribution in [1.82, 2.24) is 5.32 Å². The molecule has 0 fully saturated rings. The van der Waals surface area contributed by atoms with Crippen molar-refractivity contribution < 1.29 is 4.92 Å². The van der Waals surface area contributed by atoms with Crippen molar-refractivity contribution in [2.45, 2.75) is 19.4 Å². The van der Waals surface area contributed by atoms with Gasteiger partial charge in [-0.15, -0.1) is 0 Å². The summed E-state index contributed by atoms with van der Waals surface area (Å²) in [5.41, 5.74) is 2.46. The van der Waals surface area contributed by atoms with E-state index in [1.165, 1.54) is 5.56 Å². The van der Waals surface area contributed by atoms with Crippen molar-refractivity contribution in [3.63, 3.8) is 0 Å². The first-order chi connectivity index (χ1) is 10.1. The van der Waals surface area contributed by atoms with Gasteiger partial charge in [0.1, 0.15) is 0 Å². The van der Waals surface area contributed by atoms with Gasteiger partial charge in [-0.1, -0.05) is 40.2 Å². The van der Waals surface area contributed by atoms with Gasteiger partial charge < -0.3 is 5.32 Å². The number of rotatable bonds is 6. The van der Waals surface area contributed by atoms with Gasteiger partial charge in [-0.2, -0.15) is 0 Å². The quantitative estimate of drug-likeness (QED) is 0.627. The van der Waals surface area contributed by atoms with E-state index in [4.69, 9.17) is 0 Å². The van der Waals surface area contributed by atoms with Gasteiger partial charge in [0.15, 0.2) is 0 Å². The Bertz CT molecular complexity index is 614. The molecule has 0 amide bonds. The van der Waals surface area contributed by atoms with Crippen LogP contribution < -0.4 is 5.32 Å². The summed E-state index contributed by atoms with van der Waals surface area (Å²) in [7, 11) is 0. The number of hydrogen-bond acceptors (Lipinski definition) is 3. The zero-order chi connectivity index (χ0) is 15.2. The van der Waals surface area contributed by atoms with Crippen LogP contribution in [0, 0.1) is 10.1 Å². The van der Waals surface area contributed by atoms with E-state index in [0.717, 1.165) is 23.0 Å². The molecule has 1 atom stereocenters. The molecule has 0 saturated heterocycles. The Hall–Kier alpha value is -1.72. The van der Waals surface area contributed by atoms with Gasteiger partial charge in [-0.05, 0) is 43.1 Å². The third-order valence-corrected chi connectivity index (χ3v) is 3.85. The maximum absolute atomic E-state index is 10.6. The van der Waals surface area contributed by atoms with Crippen molar-refractivity contribution in [2.75, 3.05) is 6.54 Å². The minimum absolute atomic E-state index is 0.134. The number of nitrogens with zero attached hydrogens (tertiary/aromatic N) is 1. The SMILES string of the molecule is CC(NCCc1ccc([N+](=O)[O-])cc1)c1cccc(Br)c1. The molecule has 1 unspecified atom stereocenters. The second-order valence-electron chi connectivity index (χ2n) is 4.90. The summed E-state index contributed by atoms with van der Waals surface area (Å²) in [5.74, 6) is 0.